The minimum atomic E-state index is -1.05. The van der Waals surface area contributed by atoms with E-state index in [2.05, 4.69) is 20.8 Å². The van der Waals surface area contributed by atoms with Crippen LogP contribution in [0, 0.1) is 5.82 Å². The molecule has 1 fully saturated rings. The lowest BCUT2D eigenvalue weighted by atomic mass is 9.70. The number of amides is 2. The fourth-order valence-electron chi connectivity index (χ4n) is 4.45. The largest absolute Gasteiger partial charge is 0.461 e. The maximum Gasteiger partial charge on any atom is 0.369 e. The quantitative estimate of drug-likeness (QED) is 0.394. The molecular weight excluding hydrogens is 533 g/mol. The molecule has 1 aliphatic rings. The monoisotopic (exact) mass is 559 g/mol. The molecule has 1 aliphatic heterocycles. The minimum absolute atomic E-state index is 0.0108. The van der Waals surface area contributed by atoms with E-state index in [1.54, 1.807) is 6.92 Å². The third kappa shape index (κ3) is 5.08. The molecule has 0 radical (unpaired) electrons. The number of nitrogens with zero attached hydrogens (tertiary/aromatic N) is 3. The van der Waals surface area contributed by atoms with E-state index >= 15 is 0 Å². The van der Waals surface area contributed by atoms with E-state index in [0.717, 1.165) is 28.5 Å². The number of nitrogens with one attached hydrogen (secondary N) is 2. The van der Waals surface area contributed by atoms with Gasteiger partial charge < -0.3 is 20.3 Å². The molecule has 0 atom stereocenters. The van der Waals surface area contributed by atoms with Crippen molar-refractivity contribution in [3.63, 3.8) is 0 Å². The number of rotatable bonds is 8. The maximum absolute atomic E-state index is 14.4. The molecule has 0 unspecified atom stereocenters. The Balaban J connectivity index is 1.71. The van der Waals surface area contributed by atoms with Crippen LogP contribution in [0.15, 0.2) is 36.4 Å². The van der Waals surface area contributed by atoms with Crippen molar-refractivity contribution in [3.8, 4) is 0 Å². The summed E-state index contributed by atoms with van der Waals surface area (Å²) in [6.45, 7) is 6.45. The first-order valence-corrected chi connectivity index (χ1v) is 13.2. The molecule has 38 heavy (non-hydrogen) atoms. The van der Waals surface area contributed by atoms with Crippen LogP contribution in [-0.4, -0.2) is 54.7 Å². The summed E-state index contributed by atoms with van der Waals surface area (Å²) in [6.07, 6.45) is 0. The molecule has 0 bridgehead atoms. The number of hydrogen-bond donors (Lipinski definition) is 2. The lowest BCUT2D eigenvalue weighted by molar-refractivity contribution is -0.122. The Hall–Kier alpha value is -3.57. The van der Waals surface area contributed by atoms with Gasteiger partial charge in [-0.05, 0) is 36.1 Å². The summed E-state index contributed by atoms with van der Waals surface area (Å²) in [7, 11) is 1.43. The second kappa shape index (κ2) is 11.0. The topological polar surface area (TPSA) is 114 Å². The van der Waals surface area contributed by atoms with Crippen LogP contribution in [0.2, 0.25) is 5.02 Å². The molecule has 0 spiro atoms. The van der Waals surface area contributed by atoms with Crippen LogP contribution < -0.4 is 15.5 Å². The van der Waals surface area contributed by atoms with Crippen LogP contribution in [0.4, 0.5) is 15.2 Å². The first kappa shape index (κ1) is 27.5. The van der Waals surface area contributed by atoms with Crippen molar-refractivity contribution in [3.05, 3.63) is 68.9 Å². The molecule has 9 nitrogen and oxygen atoms in total. The number of esters is 1. The summed E-state index contributed by atoms with van der Waals surface area (Å²) in [6, 6.07) is 9.87. The SMILES string of the molecule is CCOC(=O)c1nnc(N2CC(C(=O)Nc3cc(F)c(Cl)cc3C(=O)NC)(c3ccccc3C(C)C)C2)s1. The van der Waals surface area contributed by atoms with Crippen molar-refractivity contribution in [2.45, 2.75) is 32.1 Å². The normalized spacial score (nSPS) is 14.1. The van der Waals surface area contributed by atoms with Crippen LogP contribution in [-0.2, 0) is 14.9 Å². The standard InChI is InChI=1S/C26H27ClFN5O4S/c1-5-37-23(35)22-31-32-25(38-22)33-12-26(13-33,17-9-7-6-8-15(17)14(2)3)24(36)30-20-11-19(28)18(27)10-16(20)21(34)29-4/h6-11,14H,5,12-13H2,1-4H3,(H,29,34)(H,30,36). The highest BCUT2D eigenvalue weighted by molar-refractivity contribution is 7.17. The zero-order chi connectivity index (χ0) is 27.6. The summed E-state index contributed by atoms with van der Waals surface area (Å²) in [5, 5.41) is 13.7. The van der Waals surface area contributed by atoms with Crippen LogP contribution >= 0.6 is 22.9 Å². The summed E-state index contributed by atoms with van der Waals surface area (Å²) in [5.41, 5.74) is 0.804. The third-order valence-electron chi connectivity index (χ3n) is 6.37. The number of halogens is 2. The molecular formula is C26H27ClFN5O4S. The summed E-state index contributed by atoms with van der Waals surface area (Å²) in [5.74, 6) is -2.13. The number of aromatic nitrogens is 2. The van der Waals surface area contributed by atoms with Crippen molar-refractivity contribution in [2.24, 2.45) is 0 Å². The minimum Gasteiger partial charge on any atom is -0.461 e. The van der Waals surface area contributed by atoms with Gasteiger partial charge in [-0.1, -0.05) is 61.1 Å². The Bertz CT molecular complexity index is 1390. The van der Waals surface area contributed by atoms with E-state index in [-0.39, 0.29) is 46.9 Å². The molecule has 0 aliphatic carbocycles. The third-order valence-corrected chi connectivity index (χ3v) is 7.62. The molecule has 2 N–H and O–H groups in total. The predicted molar refractivity (Wildman–Crippen MR) is 144 cm³/mol. The molecule has 1 saturated heterocycles. The zero-order valence-electron chi connectivity index (χ0n) is 21.3. The highest BCUT2D eigenvalue weighted by Gasteiger charge is 2.53. The number of hydrogen-bond acceptors (Lipinski definition) is 8. The average Bonchev–Trinajstić information content (AvgIpc) is 3.35. The van der Waals surface area contributed by atoms with Gasteiger partial charge in [0, 0.05) is 20.1 Å². The highest BCUT2D eigenvalue weighted by Crippen LogP contribution is 2.43. The Labute approximate surface area is 228 Å². The number of carbonyl (C=O) groups excluding carboxylic acids is 3. The summed E-state index contributed by atoms with van der Waals surface area (Å²) < 4.78 is 19.4. The molecule has 12 heteroatoms. The van der Waals surface area contributed by atoms with E-state index in [9.17, 15) is 18.8 Å². The van der Waals surface area contributed by atoms with Crippen LogP contribution in [0.5, 0.6) is 0 Å². The summed E-state index contributed by atoms with van der Waals surface area (Å²) in [4.78, 5) is 40.4. The number of anilines is 2. The van der Waals surface area contributed by atoms with Gasteiger partial charge >= 0.3 is 5.97 Å². The maximum atomic E-state index is 14.4. The van der Waals surface area contributed by atoms with Gasteiger partial charge in [-0.15, -0.1) is 10.2 Å². The van der Waals surface area contributed by atoms with Crippen molar-refractivity contribution in [1.82, 2.24) is 15.5 Å². The molecule has 1 aromatic heterocycles. The number of ether oxygens (including phenoxy) is 1. The molecule has 200 valence electrons. The van der Waals surface area contributed by atoms with Gasteiger partial charge in [0.15, 0.2) is 0 Å². The van der Waals surface area contributed by atoms with Gasteiger partial charge in [0.05, 0.1) is 22.9 Å². The van der Waals surface area contributed by atoms with Gasteiger partial charge in [-0.2, -0.15) is 0 Å². The first-order chi connectivity index (χ1) is 18.1. The van der Waals surface area contributed by atoms with Crippen molar-refractivity contribution < 1.29 is 23.5 Å². The predicted octanol–water partition coefficient (Wildman–Crippen LogP) is 4.39. The molecule has 4 rings (SSSR count). The lowest BCUT2D eigenvalue weighted by Gasteiger charge is -2.49. The van der Waals surface area contributed by atoms with Crippen LogP contribution in [0.1, 0.15) is 58.0 Å². The summed E-state index contributed by atoms with van der Waals surface area (Å²) >= 11 is 7.00. The fraction of sp³-hybridized carbons (Fsp3) is 0.346. The molecule has 2 amide bonds. The van der Waals surface area contributed by atoms with E-state index in [4.69, 9.17) is 16.3 Å². The van der Waals surface area contributed by atoms with Gasteiger partial charge in [0.1, 0.15) is 11.2 Å². The molecule has 0 saturated carbocycles. The second-order valence-electron chi connectivity index (χ2n) is 9.14. The molecule has 2 heterocycles. The van der Waals surface area contributed by atoms with Gasteiger partial charge in [0.25, 0.3) is 5.91 Å². The Kier molecular flexibility index (Phi) is 7.98. The molecule has 3 aromatic rings. The molecule has 2 aromatic carbocycles. The Morgan fingerprint density at radius 1 is 1.21 bits per heavy atom. The lowest BCUT2D eigenvalue weighted by Crippen LogP contribution is -2.65. The van der Waals surface area contributed by atoms with E-state index < -0.39 is 29.0 Å². The zero-order valence-corrected chi connectivity index (χ0v) is 22.9. The average molecular weight is 560 g/mol. The number of benzene rings is 2. The highest BCUT2D eigenvalue weighted by atomic mass is 35.5. The first-order valence-electron chi connectivity index (χ1n) is 12.0. The smallest absolute Gasteiger partial charge is 0.369 e. The van der Waals surface area contributed by atoms with Gasteiger partial charge in [0.2, 0.25) is 16.0 Å². The Morgan fingerprint density at radius 3 is 2.58 bits per heavy atom. The van der Waals surface area contributed by atoms with Crippen molar-refractivity contribution in [2.75, 3.05) is 37.0 Å². The van der Waals surface area contributed by atoms with Gasteiger partial charge in [-0.3, -0.25) is 9.59 Å². The fourth-order valence-corrected chi connectivity index (χ4v) is 5.35. The second-order valence-corrected chi connectivity index (χ2v) is 10.5. The van der Waals surface area contributed by atoms with Crippen molar-refractivity contribution >= 4 is 51.5 Å². The van der Waals surface area contributed by atoms with E-state index in [0.29, 0.717) is 5.13 Å². The van der Waals surface area contributed by atoms with Gasteiger partial charge in [-0.25, -0.2) is 9.18 Å². The van der Waals surface area contributed by atoms with Crippen LogP contribution in [0.25, 0.3) is 0 Å². The van der Waals surface area contributed by atoms with E-state index in [1.807, 2.05) is 43.0 Å². The number of carbonyl (C=O) groups is 3. The Morgan fingerprint density at radius 2 is 1.92 bits per heavy atom. The van der Waals surface area contributed by atoms with Crippen molar-refractivity contribution in [1.29, 1.82) is 0 Å². The van der Waals surface area contributed by atoms with Crippen LogP contribution in [0.3, 0.4) is 0 Å². The van der Waals surface area contributed by atoms with E-state index in [1.165, 1.54) is 13.1 Å².